The molecule has 0 aliphatic rings. The van der Waals surface area contributed by atoms with Gasteiger partial charge in [0.15, 0.2) is 0 Å². The maximum Gasteiger partial charge on any atom is 0.108 e. The number of aromatic nitrogens is 2. The van der Waals surface area contributed by atoms with Crippen LogP contribution < -0.4 is 0 Å². The Balaban J connectivity index is 1.75. The van der Waals surface area contributed by atoms with Crippen LogP contribution >= 0.6 is 55.1 Å². The van der Waals surface area contributed by atoms with E-state index in [1.807, 2.05) is 47.2 Å². The molecule has 0 saturated heterocycles. The van der Waals surface area contributed by atoms with Crippen LogP contribution in [0.4, 0.5) is 0 Å². The van der Waals surface area contributed by atoms with Crippen LogP contribution in [-0.2, 0) is 11.3 Å². The molecular weight excluding hydrogens is 563 g/mol. The number of hydrogen-bond donors (Lipinski definition) is 0. The van der Waals surface area contributed by atoms with Crippen LogP contribution in [0.1, 0.15) is 28.9 Å². The van der Waals surface area contributed by atoms with Crippen molar-refractivity contribution >= 4 is 55.1 Å². The number of benzene rings is 3. The molecule has 1 heterocycles. The molecule has 0 radical (unpaired) electrons. The molecule has 0 bridgehead atoms. The Morgan fingerprint density at radius 2 is 1.48 bits per heavy atom. The highest BCUT2D eigenvalue weighted by molar-refractivity contribution is 9.10. The fraction of sp³-hybridized carbons (Fsp3) is 0.125. The van der Waals surface area contributed by atoms with Crippen LogP contribution in [0.2, 0.25) is 10.0 Å². The van der Waals surface area contributed by atoms with Crippen molar-refractivity contribution in [3.63, 3.8) is 0 Å². The predicted octanol–water partition coefficient (Wildman–Crippen LogP) is 8.26. The van der Waals surface area contributed by atoms with Gasteiger partial charge >= 0.3 is 0 Å². The fourth-order valence-corrected chi connectivity index (χ4v) is 4.41. The molecule has 3 nitrogen and oxygen atoms in total. The van der Waals surface area contributed by atoms with E-state index in [1.54, 1.807) is 18.6 Å². The second kappa shape index (κ2) is 10.3. The first-order valence-electron chi connectivity index (χ1n) is 9.56. The zero-order chi connectivity index (χ0) is 21.8. The van der Waals surface area contributed by atoms with Crippen LogP contribution in [0.15, 0.2) is 94.4 Å². The van der Waals surface area contributed by atoms with Crippen molar-refractivity contribution in [1.29, 1.82) is 0 Å². The highest BCUT2D eigenvalue weighted by Gasteiger charge is 2.24. The minimum absolute atomic E-state index is 0.290. The minimum Gasteiger partial charge on any atom is -0.359 e. The largest absolute Gasteiger partial charge is 0.359 e. The van der Waals surface area contributed by atoms with Gasteiger partial charge in [0.1, 0.15) is 12.2 Å². The zero-order valence-electron chi connectivity index (χ0n) is 16.3. The first kappa shape index (κ1) is 22.6. The summed E-state index contributed by atoms with van der Waals surface area (Å²) in [5, 5.41) is 1.16. The third-order valence-electron chi connectivity index (χ3n) is 4.89. The average molecular weight is 581 g/mol. The van der Waals surface area contributed by atoms with Gasteiger partial charge in [-0.05, 0) is 47.5 Å². The summed E-state index contributed by atoms with van der Waals surface area (Å²) in [7, 11) is 0. The molecule has 1 atom stereocenters. The van der Waals surface area contributed by atoms with E-state index < -0.39 is 0 Å². The summed E-state index contributed by atoms with van der Waals surface area (Å²) in [6.07, 6.45) is 4.82. The first-order chi connectivity index (χ1) is 15.0. The Bertz CT molecular complexity index is 1090. The van der Waals surface area contributed by atoms with Gasteiger partial charge in [0.25, 0.3) is 0 Å². The summed E-state index contributed by atoms with van der Waals surface area (Å²) in [6.45, 7) is 0.560. The first-order valence-corrected chi connectivity index (χ1v) is 11.9. The lowest BCUT2D eigenvalue weighted by molar-refractivity contribution is -0.00319. The third kappa shape index (κ3) is 5.79. The van der Waals surface area contributed by atoms with Gasteiger partial charge in [-0.2, -0.15) is 0 Å². The van der Waals surface area contributed by atoms with E-state index in [9.17, 15) is 0 Å². The Hall–Kier alpha value is -1.63. The molecular formula is C24H18Br2Cl2N2O. The molecule has 0 fully saturated rings. The number of imidazole rings is 1. The van der Waals surface area contributed by atoms with E-state index in [2.05, 4.69) is 61.1 Å². The molecule has 0 N–H and O–H groups in total. The van der Waals surface area contributed by atoms with Crippen molar-refractivity contribution in [3.05, 3.63) is 121 Å². The lowest BCUT2D eigenvalue weighted by Crippen LogP contribution is -2.17. The van der Waals surface area contributed by atoms with Crippen molar-refractivity contribution in [2.24, 2.45) is 0 Å². The molecule has 4 aromatic rings. The van der Waals surface area contributed by atoms with Gasteiger partial charge in [0, 0.05) is 36.9 Å². The van der Waals surface area contributed by atoms with Crippen molar-refractivity contribution in [3.8, 4) is 0 Å². The molecule has 0 spiro atoms. The molecule has 158 valence electrons. The summed E-state index contributed by atoms with van der Waals surface area (Å²) < 4.78 is 10.8. The lowest BCUT2D eigenvalue weighted by Gasteiger charge is -2.27. The second-order valence-electron chi connectivity index (χ2n) is 7.03. The molecule has 31 heavy (non-hydrogen) atoms. The van der Waals surface area contributed by atoms with Gasteiger partial charge in [-0.1, -0.05) is 85.4 Å². The van der Waals surface area contributed by atoms with Gasteiger partial charge in [-0.25, -0.2) is 4.98 Å². The summed E-state index contributed by atoms with van der Waals surface area (Å²) in [6, 6.07) is 21.8. The van der Waals surface area contributed by atoms with Crippen LogP contribution in [0.5, 0.6) is 0 Å². The van der Waals surface area contributed by atoms with Crippen LogP contribution in [0.25, 0.3) is 0 Å². The molecule has 1 aromatic heterocycles. The Kier molecular flexibility index (Phi) is 7.51. The fourth-order valence-electron chi connectivity index (χ4n) is 3.35. The van der Waals surface area contributed by atoms with Gasteiger partial charge in [0.2, 0.25) is 0 Å². The Morgan fingerprint density at radius 3 is 2.00 bits per heavy atom. The Morgan fingerprint density at radius 1 is 0.871 bits per heavy atom. The maximum atomic E-state index is 6.78. The van der Waals surface area contributed by atoms with Crippen molar-refractivity contribution in [2.45, 2.75) is 18.8 Å². The molecule has 4 rings (SSSR count). The normalized spacial score (nSPS) is 12.3. The maximum absolute atomic E-state index is 6.78. The average Bonchev–Trinajstić information content (AvgIpc) is 3.26. The summed E-state index contributed by atoms with van der Waals surface area (Å²) >= 11 is 19.8. The summed E-state index contributed by atoms with van der Waals surface area (Å²) in [5.74, 6) is 0. The number of hydrogen-bond acceptors (Lipinski definition) is 2. The molecule has 7 heteroatoms. The molecule has 3 aromatic carbocycles. The minimum atomic E-state index is -0.323. The van der Waals surface area contributed by atoms with Crippen molar-refractivity contribution < 1.29 is 4.74 Å². The van der Waals surface area contributed by atoms with E-state index in [-0.39, 0.29) is 12.2 Å². The number of rotatable bonds is 7. The van der Waals surface area contributed by atoms with Gasteiger partial charge < -0.3 is 9.30 Å². The number of halogens is 4. The SMILES string of the molecule is Clc1ccc(C(Cn2ccnc2)OC(c2ccc(Br)cc2)c2ccc(Br)cc2)c(Cl)c1. The molecule has 0 aliphatic heterocycles. The summed E-state index contributed by atoms with van der Waals surface area (Å²) in [4.78, 5) is 4.16. The predicted molar refractivity (Wildman–Crippen MR) is 133 cm³/mol. The topological polar surface area (TPSA) is 27.1 Å². The molecule has 0 aliphatic carbocycles. The molecule has 0 amide bonds. The second-order valence-corrected chi connectivity index (χ2v) is 9.71. The number of nitrogens with zero attached hydrogens (tertiary/aromatic N) is 2. The van der Waals surface area contributed by atoms with Crippen molar-refractivity contribution in [1.82, 2.24) is 9.55 Å². The smallest absolute Gasteiger partial charge is 0.108 e. The van der Waals surface area contributed by atoms with Crippen LogP contribution in [0, 0.1) is 0 Å². The quantitative estimate of drug-likeness (QED) is 0.220. The van der Waals surface area contributed by atoms with E-state index in [1.165, 1.54) is 0 Å². The van der Waals surface area contributed by atoms with E-state index in [0.29, 0.717) is 16.6 Å². The molecule has 1 unspecified atom stereocenters. The van der Waals surface area contributed by atoms with Crippen LogP contribution in [0.3, 0.4) is 0 Å². The molecule has 0 saturated carbocycles. The summed E-state index contributed by atoms with van der Waals surface area (Å²) in [5.41, 5.74) is 2.97. The highest BCUT2D eigenvalue weighted by Crippen LogP contribution is 2.37. The van der Waals surface area contributed by atoms with E-state index in [0.717, 1.165) is 25.6 Å². The van der Waals surface area contributed by atoms with Gasteiger partial charge in [0.05, 0.1) is 12.9 Å². The van der Waals surface area contributed by atoms with E-state index >= 15 is 0 Å². The van der Waals surface area contributed by atoms with Gasteiger partial charge in [-0.3, -0.25) is 0 Å². The van der Waals surface area contributed by atoms with Crippen LogP contribution in [-0.4, -0.2) is 9.55 Å². The highest BCUT2D eigenvalue weighted by atomic mass is 79.9. The number of ether oxygens (including phenoxy) is 1. The van der Waals surface area contributed by atoms with Crippen molar-refractivity contribution in [2.75, 3.05) is 0 Å². The third-order valence-corrected chi connectivity index (χ3v) is 6.51. The lowest BCUT2D eigenvalue weighted by atomic mass is 10.0. The van der Waals surface area contributed by atoms with E-state index in [4.69, 9.17) is 27.9 Å². The standard InChI is InChI=1S/C24H18Br2Cl2N2O/c25-18-5-1-16(2-6-18)24(17-3-7-19(26)8-4-17)31-23(14-30-12-11-29-15-30)21-10-9-20(27)13-22(21)28/h1-13,15,23-24H,14H2. The zero-order valence-corrected chi connectivity index (χ0v) is 20.9. The van der Waals surface area contributed by atoms with Gasteiger partial charge in [-0.15, -0.1) is 0 Å². The monoisotopic (exact) mass is 578 g/mol. The Labute approximate surface area is 208 Å².